The Morgan fingerprint density at radius 2 is 2.07 bits per heavy atom. The molecule has 2 fully saturated rings. The van der Waals surface area contributed by atoms with Gasteiger partial charge in [0.2, 0.25) is 5.91 Å². The molecule has 8 nitrogen and oxygen atoms in total. The first kappa shape index (κ1) is 18.3. The first-order valence-corrected chi connectivity index (χ1v) is 9.55. The number of pyridine rings is 1. The number of carbonyl (C=O) groups excluding carboxylic acids is 2. The smallest absolute Gasteiger partial charge is 0.263 e. The Morgan fingerprint density at radius 3 is 2.86 bits per heavy atom. The molecule has 28 heavy (non-hydrogen) atoms. The summed E-state index contributed by atoms with van der Waals surface area (Å²) in [5.41, 5.74) is 0.521. The molecule has 0 bridgehead atoms. The summed E-state index contributed by atoms with van der Waals surface area (Å²) in [6.07, 6.45) is 9.17. The van der Waals surface area contributed by atoms with Crippen molar-refractivity contribution in [1.29, 1.82) is 0 Å². The molecule has 2 aromatic rings. The predicted molar refractivity (Wildman–Crippen MR) is 101 cm³/mol. The number of carbonyl (C=O) groups is 2. The third-order valence-electron chi connectivity index (χ3n) is 5.74. The number of H-pyrrole nitrogens is 1. The third kappa shape index (κ3) is 3.67. The monoisotopic (exact) mass is 381 g/mol. The Bertz CT molecular complexity index is 929. The van der Waals surface area contributed by atoms with E-state index in [4.69, 9.17) is 0 Å². The van der Waals surface area contributed by atoms with Crippen molar-refractivity contribution in [1.82, 2.24) is 24.8 Å². The van der Waals surface area contributed by atoms with E-state index in [1.165, 1.54) is 12.5 Å². The summed E-state index contributed by atoms with van der Waals surface area (Å²) in [6, 6.07) is 3.83. The molecule has 1 atom stereocenters. The zero-order valence-corrected chi connectivity index (χ0v) is 15.6. The summed E-state index contributed by atoms with van der Waals surface area (Å²) in [4.78, 5) is 51.4. The van der Waals surface area contributed by atoms with Crippen molar-refractivity contribution < 1.29 is 9.59 Å². The Morgan fingerprint density at radius 1 is 1.18 bits per heavy atom. The molecule has 0 unspecified atom stereocenters. The van der Waals surface area contributed by atoms with Crippen molar-refractivity contribution in [3.8, 4) is 0 Å². The number of piperidine rings is 2. The molecule has 1 spiro atoms. The van der Waals surface area contributed by atoms with Crippen LogP contribution in [0.1, 0.15) is 41.6 Å². The summed E-state index contributed by atoms with van der Waals surface area (Å²) in [7, 11) is 0. The Balaban J connectivity index is 1.51. The lowest BCUT2D eigenvalue weighted by molar-refractivity contribution is -0.139. The molecular weight excluding hydrogens is 358 g/mol. The first-order chi connectivity index (χ1) is 13.6. The van der Waals surface area contributed by atoms with Crippen molar-refractivity contribution in [2.75, 3.05) is 19.6 Å². The van der Waals surface area contributed by atoms with Crippen LogP contribution >= 0.6 is 0 Å². The Labute approximate surface area is 162 Å². The second-order valence-electron chi connectivity index (χ2n) is 7.74. The summed E-state index contributed by atoms with van der Waals surface area (Å²) < 4.78 is 0. The molecule has 4 heterocycles. The molecular formula is C20H23N5O3. The number of nitrogens with zero attached hydrogens (tertiary/aromatic N) is 4. The van der Waals surface area contributed by atoms with E-state index in [0.29, 0.717) is 32.6 Å². The van der Waals surface area contributed by atoms with Gasteiger partial charge in [-0.2, -0.15) is 0 Å². The van der Waals surface area contributed by atoms with E-state index in [9.17, 15) is 14.4 Å². The van der Waals surface area contributed by atoms with Gasteiger partial charge in [0.1, 0.15) is 5.56 Å². The molecule has 2 aliphatic rings. The first-order valence-electron chi connectivity index (χ1n) is 9.55. The second-order valence-corrected chi connectivity index (χ2v) is 7.74. The highest BCUT2D eigenvalue weighted by atomic mass is 16.2. The van der Waals surface area contributed by atoms with Gasteiger partial charge in [0.05, 0.1) is 6.33 Å². The summed E-state index contributed by atoms with van der Waals surface area (Å²) in [5, 5.41) is 0. The molecule has 4 rings (SSSR count). The molecule has 2 saturated heterocycles. The van der Waals surface area contributed by atoms with E-state index in [0.717, 1.165) is 24.8 Å². The number of aromatic nitrogens is 3. The maximum absolute atomic E-state index is 12.9. The van der Waals surface area contributed by atoms with Crippen LogP contribution in [0.25, 0.3) is 0 Å². The van der Waals surface area contributed by atoms with Gasteiger partial charge in [-0.15, -0.1) is 0 Å². The van der Waals surface area contributed by atoms with Crippen LogP contribution in [0.15, 0.2) is 41.8 Å². The molecule has 2 aromatic heterocycles. The number of rotatable bonds is 3. The highest BCUT2D eigenvalue weighted by molar-refractivity contribution is 5.93. The van der Waals surface area contributed by atoms with E-state index >= 15 is 0 Å². The number of hydrogen-bond acceptors (Lipinski definition) is 5. The van der Waals surface area contributed by atoms with Gasteiger partial charge in [-0.05, 0) is 30.9 Å². The molecule has 146 valence electrons. The van der Waals surface area contributed by atoms with Gasteiger partial charge >= 0.3 is 0 Å². The molecule has 0 aliphatic carbocycles. The topological polar surface area (TPSA) is 99.3 Å². The number of aromatic amines is 1. The maximum Gasteiger partial charge on any atom is 0.263 e. The van der Waals surface area contributed by atoms with E-state index in [1.807, 2.05) is 17.0 Å². The van der Waals surface area contributed by atoms with Gasteiger partial charge < -0.3 is 14.8 Å². The van der Waals surface area contributed by atoms with Crippen molar-refractivity contribution in [2.45, 2.75) is 32.2 Å². The lowest BCUT2D eigenvalue weighted by Crippen LogP contribution is -2.55. The van der Waals surface area contributed by atoms with Gasteiger partial charge in [0.15, 0.2) is 0 Å². The SMILES string of the molecule is O=C1CC[C@@]2(CCCN(C(=O)c3cnc[nH]c3=O)C2)CN1Cc1cccnc1. The average molecular weight is 381 g/mol. The van der Waals surface area contributed by atoms with Crippen molar-refractivity contribution >= 4 is 11.8 Å². The Kier molecular flexibility index (Phi) is 4.93. The van der Waals surface area contributed by atoms with Gasteiger partial charge in [0.25, 0.3) is 11.5 Å². The highest BCUT2D eigenvalue weighted by Gasteiger charge is 2.43. The van der Waals surface area contributed by atoms with Gasteiger partial charge in [-0.3, -0.25) is 19.4 Å². The van der Waals surface area contributed by atoms with Crippen LogP contribution in [0.2, 0.25) is 0 Å². The Hall–Kier alpha value is -3.03. The maximum atomic E-state index is 12.9. The molecule has 1 N–H and O–H groups in total. The lowest BCUT2D eigenvalue weighted by atomic mass is 9.73. The van der Waals surface area contributed by atoms with Crippen LogP contribution in [0.3, 0.4) is 0 Å². The normalized spacial score (nSPS) is 22.5. The number of hydrogen-bond donors (Lipinski definition) is 1. The summed E-state index contributed by atoms with van der Waals surface area (Å²) in [5.74, 6) is -0.147. The summed E-state index contributed by atoms with van der Waals surface area (Å²) >= 11 is 0. The fraction of sp³-hybridized carbons (Fsp3) is 0.450. The highest BCUT2D eigenvalue weighted by Crippen LogP contribution is 2.39. The van der Waals surface area contributed by atoms with E-state index < -0.39 is 5.56 Å². The van der Waals surface area contributed by atoms with Gasteiger partial charge in [-0.1, -0.05) is 6.07 Å². The minimum absolute atomic E-state index is 0.0682. The standard InChI is InChI=1S/C20H23N5O3/c26-17-4-6-20(13-25(17)11-15-3-1-7-21-9-15)5-2-8-24(12-20)19(28)16-10-22-14-23-18(16)27/h1,3,7,9-10,14H,2,4-6,8,11-13H2,(H,22,23,27)/t20-/m1/s1. The van der Waals surface area contributed by atoms with Crippen LogP contribution in [0.4, 0.5) is 0 Å². The van der Waals surface area contributed by atoms with E-state index in [-0.39, 0.29) is 22.8 Å². The molecule has 0 aromatic carbocycles. The van der Waals surface area contributed by atoms with E-state index in [1.54, 1.807) is 17.3 Å². The lowest BCUT2D eigenvalue weighted by Gasteiger charge is -2.48. The number of amides is 2. The van der Waals surface area contributed by atoms with Gasteiger partial charge in [0, 0.05) is 56.6 Å². The van der Waals surface area contributed by atoms with Crippen molar-refractivity contribution in [3.05, 3.63) is 58.5 Å². The molecule has 8 heteroatoms. The average Bonchev–Trinajstić information content (AvgIpc) is 2.72. The number of likely N-dealkylation sites (tertiary alicyclic amines) is 2. The molecule has 2 aliphatic heterocycles. The van der Waals surface area contributed by atoms with Crippen LogP contribution in [0.5, 0.6) is 0 Å². The second kappa shape index (κ2) is 7.53. The van der Waals surface area contributed by atoms with Crippen LogP contribution in [-0.4, -0.2) is 56.2 Å². The minimum Gasteiger partial charge on any atom is -0.338 e. The quantitative estimate of drug-likeness (QED) is 0.862. The number of nitrogens with one attached hydrogen (secondary N) is 1. The van der Waals surface area contributed by atoms with Crippen LogP contribution < -0.4 is 5.56 Å². The molecule has 0 radical (unpaired) electrons. The minimum atomic E-state index is -0.420. The zero-order chi connectivity index (χ0) is 19.6. The largest absolute Gasteiger partial charge is 0.338 e. The van der Waals surface area contributed by atoms with E-state index in [2.05, 4.69) is 15.0 Å². The van der Waals surface area contributed by atoms with Crippen LogP contribution in [0, 0.1) is 5.41 Å². The fourth-order valence-corrected chi connectivity index (χ4v) is 4.34. The molecule has 2 amide bonds. The van der Waals surface area contributed by atoms with Crippen LogP contribution in [-0.2, 0) is 11.3 Å². The predicted octanol–water partition coefficient (Wildman–Crippen LogP) is 1.21. The third-order valence-corrected chi connectivity index (χ3v) is 5.74. The van der Waals surface area contributed by atoms with Crippen molar-refractivity contribution in [2.24, 2.45) is 5.41 Å². The van der Waals surface area contributed by atoms with Gasteiger partial charge in [-0.25, -0.2) is 4.98 Å². The summed E-state index contributed by atoms with van der Waals surface area (Å²) in [6.45, 7) is 2.32. The van der Waals surface area contributed by atoms with Crippen molar-refractivity contribution in [3.63, 3.8) is 0 Å². The fourth-order valence-electron chi connectivity index (χ4n) is 4.34. The zero-order valence-electron chi connectivity index (χ0n) is 15.6. The molecule has 0 saturated carbocycles.